The van der Waals surface area contributed by atoms with E-state index in [1.165, 1.54) is 7.11 Å². The molecule has 1 aliphatic carbocycles. The van der Waals surface area contributed by atoms with E-state index in [0.29, 0.717) is 25.3 Å². The molecule has 0 aliphatic heterocycles. The van der Waals surface area contributed by atoms with E-state index in [1.807, 2.05) is 17.0 Å². The third kappa shape index (κ3) is 5.27. The van der Waals surface area contributed by atoms with Gasteiger partial charge in [0.1, 0.15) is 5.75 Å². The average molecular weight is 418 g/mol. The van der Waals surface area contributed by atoms with Crippen molar-refractivity contribution in [2.24, 2.45) is 11.3 Å². The molecule has 2 unspecified atom stereocenters. The highest BCUT2D eigenvalue weighted by atomic mass is 16.6. The van der Waals surface area contributed by atoms with Crippen LogP contribution in [-0.4, -0.2) is 68.1 Å². The van der Waals surface area contributed by atoms with Crippen LogP contribution in [0.15, 0.2) is 36.9 Å². The summed E-state index contributed by atoms with van der Waals surface area (Å²) in [6.45, 7) is 10.4. The van der Waals surface area contributed by atoms with E-state index in [9.17, 15) is 14.4 Å². The molecule has 2 rings (SSSR count). The molecule has 0 spiro atoms. The first-order valence-electron chi connectivity index (χ1n) is 10.2. The quantitative estimate of drug-likeness (QED) is 0.192. The molecular formula is C23H33N2O5+. The van der Waals surface area contributed by atoms with Crippen LogP contribution in [-0.2, 0) is 25.7 Å². The molecule has 0 N–H and O–H groups in total. The fraction of sp³-hybridized carbons (Fsp3) is 0.522. The first-order chi connectivity index (χ1) is 14.1. The Bertz CT molecular complexity index is 802. The lowest BCUT2D eigenvalue weighted by Gasteiger charge is -2.31. The van der Waals surface area contributed by atoms with Crippen LogP contribution >= 0.6 is 0 Å². The van der Waals surface area contributed by atoms with Crippen LogP contribution in [0.5, 0.6) is 5.75 Å². The fourth-order valence-corrected chi connectivity index (χ4v) is 3.29. The lowest BCUT2D eigenvalue weighted by Crippen LogP contribution is -2.46. The molecule has 1 saturated carbocycles. The van der Waals surface area contributed by atoms with Gasteiger partial charge >= 0.3 is 11.9 Å². The number of likely N-dealkylation sites (N-methyl/N-ethyl adjacent to an activating group) is 1. The maximum atomic E-state index is 12.6. The van der Waals surface area contributed by atoms with Crippen LogP contribution in [0.25, 0.3) is 0 Å². The van der Waals surface area contributed by atoms with Crippen LogP contribution in [0.4, 0.5) is 0 Å². The zero-order valence-electron chi connectivity index (χ0n) is 18.6. The second kappa shape index (κ2) is 9.43. The number of methoxy groups -OCH3 is 1. The minimum Gasteiger partial charge on any atom is -0.468 e. The second-order valence-electron chi connectivity index (χ2n) is 8.46. The highest BCUT2D eigenvalue weighted by Crippen LogP contribution is 2.55. The van der Waals surface area contributed by atoms with E-state index in [0.717, 1.165) is 23.1 Å². The largest absolute Gasteiger partial charge is 0.468 e. The summed E-state index contributed by atoms with van der Waals surface area (Å²) in [5.41, 5.74) is -0.352. The van der Waals surface area contributed by atoms with Crippen LogP contribution in [0.1, 0.15) is 25.8 Å². The molecule has 0 bridgehead atoms. The molecule has 164 valence electrons. The third-order valence-electron chi connectivity index (χ3n) is 6.00. The number of carbonyl (C=O) groups excluding carboxylic acids is 3. The van der Waals surface area contributed by atoms with E-state index in [4.69, 9.17) is 9.47 Å². The number of hydrogen-bond acceptors (Lipinski definition) is 5. The number of benzene rings is 1. The van der Waals surface area contributed by atoms with E-state index in [-0.39, 0.29) is 11.8 Å². The first kappa shape index (κ1) is 23.6. The highest BCUT2D eigenvalue weighted by molar-refractivity contribution is 6.05. The maximum absolute atomic E-state index is 12.6. The minimum atomic E-state index is -1.29. The zero-order chi connectivity index (χ0) is 22.5. The molecule has 2 atom stereocenters. The van der Waals surface area contributed by atoms with Crippen LogP contribution in [0.2, 0.25) is 0 Å². The van der Waals surface area contributed by atoms with Crippen LogP contribution in [0, 0.1) is 11.3 Å². The number of rotatable bonds is 10. The van der Waals surface area contributed by atoms with Gasteiger partial charge in [0, 0.05) is 19.4 Å². The molecular weight excluding hydrogens is 384 g/mol. The van der Waals surface area contributed by atoms with Crippen molar-refractivity contribution in [2.45, 2.75) is 26.8 Å². The zero-order valence-corrected chi connectivity index (χ0v) is 18.6. The van der Waals surface area contributed by atoms with Crippen molar-refractivity contribution in [3.8, 4) is 5.75 Å². The summed E-state index contributed by atoms with van der Waals surface area (Å²) < 4.78 is 11.1. The summed E-state index contributed by atoms with van der Waals surface area (Å²) in [5.74, 6) is -1.13. The van der Waals surface area contributed by atoms with Gasteiger partial charge in [0.2, 0.25) is 5.91 Å². The molecule has 1 aliphatic rings. The number of ether oxygens (including phenoxy) is 2. The summed E-state index contributed by atoms with van der Waals surface area (Å²) >= 11 is 0. The normalized spacial score (nSPS) is 20.2. The van der Waals surface area contributed by atoms with Gasteiger partial charge in [-0.1, -0.05) is 18.2 Å². The summed E-state index contributed by atoms with van der Waals surface area (Å²) in [5, 5.41) is 0. The molecule has 0 heterocycles. The van der Waals surface area contributed by atoms with Gasteiger partial charge in [0.25, 0.3) is 0 Å². The number of nitrogens with zero attached hydrogens (tertiary/aromatic N) is 2. The Kier molecular flexibility index (Phi) is 7.42. The standard InChI is InChI=1S/C23H33N2O5/c1-7-19-15-23(19,21(27)29-6)22(28)30-20-11-9-18(10-12-20)16-24(17(3)26)13-14-25(4,5)8-2/h7,9-12,19H,1,8,13-16H2,2-6H3/q+1. The van der Waals surface area contributed by atoms with Crippen molar-refractivity contribution in [1.82, 2.24) is 4.90 Å². The Balaban J connectivity index is 2.02. The number of amides is 1. The molecule has 1 fully saturated rings. The summed E-state index contributed by atoms with van der Waals surface area (Å²) in [7, 11) is 5.53. The Morgan fingerprint density at radius 3 is 2.33 bits per heavy atom. The molecule has 0 saturated heterocycles. The molecule has 1 amide bonds. The van der Waals surface area contributed by atoms with Crippen LogP contribution < -0.4 is 4.74 Å². The monoisotopic (exact) mass is 417 g/mol. The SMILES string of the molecule is C=CC1CC1(C(=O)OC)C(=O)Oc1ccc(CN(CC[N+](C)(C)CC)C(C)=O)cc1. The van der Waals surface area contributed by atoms with Crippen molar-refractivity contribution in [1.29, 1.82) is 0 Å². The van der Waals surface area contributed by atoms with Gasteiger partial charge in [0.05, 0.1) is 40.8 Å². The van der Waals surface area contributed by atoms with Crippen LogP contribution in [0.3, 0.4) is 0 Å². The summed E-state index contributed by atoms with van der Waals surface area (Å²) in [4.78, 5) is 38.5. The lowest BCUT2D eigenvalue weighted by atomic mass is 10.0. The summed E-state index contributed by atoms with van der Waals surface area (Å²) in [6.07, 6.45) is 1.93. The van der Waals surface area contributed by atoms with E-state index >= 15 is 0 Å². The van der Waals surface area contributed by atoms with Crippen molar-refractivity contribution in [3.63, 3.8) is 0 Å². The first-order valence-corrected chi connectivity index (χ1v) is 10.2. The molecule has 1 aromatic rings. The van der Waals surface area contributed by atoms with Crippen molar-refractivity contribution in [2.75, 3.05) is 40.8 Å². The lowest BCUT2D eigenvalue weighted by molar-refractivity contribution is -0.887. The molecule has 1 aromatic carbocycles. The highest BCUT2D eigenvalue weighted by Gasteiger charge is 2.67. The average Bonchev–Trinajstić information content (AvgIpc) is 3.47. The van der Waals surface area contributed by atoms with Gasteiger partial charge in [-0.05, 0) is 31.0 Å². The Morgan fingerprint density at radius 1 is 1.23 bits per heavy atom. The van der Waals surface area contributed by atoms with Gasteiger partial charge in [0.15, 0.2) is 5.41 Å². The van der Waals surface area contributed by atoms with Gasteiger partial charge in [-0.3, -0.25) is 14.4 Å². The number of quaternary nitrogens is 1. The predicted molar refractivity (Wildman–Crippen MR) is 113 cm³/mol. The van der Waals surface area contributed by atoms with E-state index < -0.39 is 17.4 Å². The topological polar surface area (TPSA) is 72.9 Å². The number of allylic oxidation sites excluding steroid dienone is 1. The van der Waals surface area contributed by atoms with Gasteiger partial charge in [-0.15, -0.1) is 6.58 Å². The van der Waals surface area contributed by atoms with Crippen molar-refractivity contribution < 1.29 is 28.3 Å². The van der Waals surface area contributed by atoms with Gasteiger partial charge < -0.3 is 18.9 Å². The predicted octanol–water partition coefficient (Wildman–Crippen LogP) is 2.40. The molecule has 7 heteroatoms. The summed E-state index contributed by atoms with van der Waals surface area (Å²) in [6, 6.07) is 6.99. The van der Waals surface area contributed by atoms with E-state index in [1.54, 1.807) is 25.1 Å². The Hall–Kier alpha value is -2.67. The fourth-order valence-electron chi connectivity index (χ4n) is 3.29. The smallest absolute Gasteiger partial charge is 0.329 e. The maximum Gasteiger partial charge on any atom is 0.329 e. The van der Waals surface area contributed by atoms with Crippen molar-refractivity contribution >= 4 is 17.8 Å². The van der Waals surface area contributed by atoms with Crippen molar-refractivity contribution in [3.05, 3.63) is 42.5 Å². The third-order valence-corrected chi connectivity index (χ3v) is 6.00. The Labute approximate surface area is 178 Å². The molecule has 7 nitrogen and oxygen atoms in total. The van der Waals surface area contributed by atoms with Gasteiger partial charge in [-0.25, -0.2) is 0 Å². The van der Waals surface area contributed by atoms with Gasteiger partial charge in [-0.2, -0.15) is 0 Å². The number of esters is 2. The van der Waals surface area contributed by atoms with E-state index in [2.05, 4.69) is 27.6 Å². The molecule has 0 radical (unpaired) electrons. The Morgan fingerprint density at radius 2 is 1.87 bits per heavy atom. The molecule has 30 heavy (non-hydrogen) atoms. The number of carbonyl (C=O) groups is 3. The second-order valence-corrected chi connectivity index (χ2v) is 8.46. The minimum absolute atomic E-state index is 0.0193. The number of hydrogen-bond donors (Lipinski definition) is 0. The molecule has 0 aromatic heterocycles.